The van der Waals surface area contributed by atoms with Gasteiger partial charge in [0.15, 0.2) is 0 Å². The Labute approximate surface area is 88.3 Å². The minimum Gasteiger partial charge on any atom is -0.395 e. The fraction of sp³-hybridized carbons (Fsp3) is 0.444. The lowest BCUT2D eigenvalue weighted by Gasteiger charge is -2.15. The van der Waals surface area contributed by atoms with Crippen LogP contribution in [0.15, 0.2) is 12.1 Å². The first-order valence-corrected chi connectivity index (χ1v) is 4.71. The van der Waals surface area contributed by atoms with Crippen molar-refractivity contribution in [2.45, 2.75) is 6.54 Å². The first kappa shape index (κ1) is 11.2. The van der Waals surface area contributed by atoms with Crippen LogP contribution in [0.5, 0.6) is 0 Å². The van der Waals surface area contributed by atoms with Crippen molar-refractivity contribution in [3.8, 4) is 0 Å². The summed E-state index contributed by atoms with van der Waals surface area (Å²) >= 11 is 5.93. The average molecular weight is 216 g/mol. The van der Waals surface area contributed by atoms with Gasteiger partial charge in [-0.25, -0.2) is 4.98 Å². The summed E-state index contributed by atoms with van der Waals surface area (Å²) in [6.45, 7) is 1.30. The van der Waals surface area contributed by atoms with Crippen LogP contribution >= 0.6 is 11.6 Å². The highest BCUT2D eigenvalue weighted by molar-refractivity contribution is 6.31. The van der Waals surface area contributed by atoms with Crippen molar-refractivity contribution in [3.05, 3.63) is 22.8 Å². The molecule has 0 aliphatic carbocycles. The van der Waals surface area contributed by atoms with E-state index in [1.165, 1.54) is 0 Å². The molecule has 5 heteroatoms. The van der Waals surface area contributed by atoms with Crippen molar-refractivity contribution in [1.29, 1.82) is 0 Å². The highest BCUT2D eigenvalue weighted by atomic mass is 35.5. The van der Waals surface area contributed by atoms with E-state index in [2.05, 4.69) is 4.98 Å². The van der Waals surface area contributed by atoms with E-state index in [4.69, 9.17) is 22.4 Å². The van der Waals surface area contributed by atoms with Crippen molar-refractivity contribution in [2.24, 2.45) is 0 Å². The van der Waals surface area contributed by atoms with Crippen LogP contribution in [0.25, 0.3) is 0 Å². The van der Waals surface area contributed by atoms with Crippen molar-refractivity contribution >= 4 is 17.4 Å². The molecule has 1 rings (SSSR count). The van der Waals surface area contributed by atoms with Crippen LogP contribution in [0, 0.1) is 0 Å². The minimum atomic E-state index is 0.121. The molecule has 4 nitrogen and oxygen atoms in total. The molecule has 3 N–H and O–H groups in total. The van der Waals surface area contributed by atoms with Crippen LogP contribution in [-0.2, 0) is 6.54 Å². The minimum absolute atomic E-state index is 0.121. The number of likely N-dealkylation sites (N-methyl/N-ethyl adjacent to an activating group) is 1. The van der Waals surface area contributed by atoms with Crippen LogP contribution in [-0.4, -0.2) is 35.2 Å². The lowest BCUT2D eigenvalue weighted by atomic mass is 10.3. The van der Waals surface area contributed by atoms with E-state index in [0.29, 0.717) is 23.9 Å². The third kappa shape index (κ3) is 3.14. The number of nitrogen functional groups attached to an aromatic ring is 1. The van der Waals surface area contributed by atoms with Crippen molar-refractivity contribution in [1.82, 2.24) is 9.88 Å². The number of pyridine rings is 1. The molecule has 1 aromatic rings. The summed E-state index contributed by atoms with van der Waals surface area (Å²) in [6.07, 6.45) is 0. The molecular weight excluding hydrogens is 202 g/mol. The number of halogens is 1. The van der Waals surface area contributed by atoms with Gasteiger partial charge < -0.3 is 10.8 Å². The smallest absolute Gasteiger partial charge is 0.123 e. The molecule has 0 unspecified atom stereocenters. The van der Waals surface area contributed by atoms with E-state index >= 15 is 0 Å². The summed E-state index contributed by atoms with van der Waals surface area (Å²) in [7, 11) is 1.89. The maximum atomic E-state index is 8.72. The predicted octanol–water partition coefficient (Wildman–Crippen LogP) is 0.741. The highest BCUT2D eigenvalue weighted by Gasteiger charge is 2.05. The number of aliphatic hydroxyl groups excluding tert-OH is 1. The second-order valence-electron chi connectivity index (χ2n) is 3.13. The standard InChI is InChI=1S/C9H14ClN3O/c1-13(4-5-14)6-8-7(10)2-3-9(11)12-8/h2-3,14H,4-6H2,1H3,(H2,11,12). The molecule has 0 aliphatic heterocycles. The number of hydrogen-bond donors (Lipinski definition) is 2. The molecule has 14 heavy (non-hydrogen) atoms. The predicted molar refractivity (Wildman–Crippen MR) is 57.1 cm³/mol. The molecule has 0 radical (unpaired) electrons. The molecule has 0 atom stereocenters. The topological polar surface area (TPSA) is 62.4 Å². The summed E-state index contributed by atoms with van der Waals surface area (Å²) in [6, 6.07) is 3.39. The molecule has 0 fully saturated rings. The van der Waals surface area contributed by atoms with Gasteiger partial charge in [0.05, 0.1) is 17.3 Å². The Hall–Kier alpha value is -0.840. The number of rotatable bonds is 4. The Kier molecular flexibility index (Phi) is 4.13. The lowest BCUT2D eigenvalue weighted by Crippen LogP contribution is -2.22. The molecule has 0 bridgehead atoms. The first-order chi connectivity index (χ1) is 6.63. The Bertz CT molecular complexity index is 306. The fourth-order valence-corrected chi connectivity index (χ4v) is 1.28. The number of nitrogens with zero attached hydrogens (tertiary/aromatic N) is 2. The normalized spacial score (nSPS) is 10.9. The van der Waals surface area contributed by atoms with Gasteiger partial charge in [-0.1, -0.05) is 11.6 Å². The van der Waals surface area contributed by atoms with E-state index in [1.807, 2.05) is 11.9 Å². The Balaban J connectivity index is 2.70. The van der Waals surface area contributed by atoms with Gasteiger partial charge in [0.2, 0.25) is 0 Å². The fourth-order valence-electron chi connectivity index (χ4n) is 1.12. The summed E-state index contributed by atoms with van der Waals surface area (Å²) in [4.78, 5) is 6.04. The van der Waals surface area contributed by atoms with Crippen molar-refractivity contribution < 1.29 is 5.11 Å². The van der Waals surface area contributed by atoms with Gasteiger partial charge in [0.1, 0.15) is 5.82 Å². The molecular formula is C9H14ClN3O. The SMILES string of the molecule is CN(CCO)Cc1nc(N)ccc1Cl. The maximum absolute atomic E-state index is 8.72. The zero-order chi connectivity index (χ0) is 10.6. The van der Waals surface area contributed by atoms with E-state index in [0.717, 1.165) is 5.69 Å². The first-order valence-electron chi connectivity index (χ1n) is 4.34. The van der Waals surface area contributed by atoms with Crippen molar-refractivity contribution in [3.63, 3.8) is 0 Å². The molecule has 0 amide bonds. The quantitative estimate of drug-likeness (QED) is 0.778. The van der Waals surface area contributed by atoms with E-state index in [9.17, 15) is 0 Å². The van der Waals surface area contributed by atoms with Crippen molar-refractivity contribution in [2.75, 3.05) is 25.9 Å². The number of hydrogen-bond acceptors (Lipinski definition) is 4. The van der Waals surface area contributed by atoms with E-state index in [1.54, 1.807) is 12.1 Å². The summed E-state index contributed by atoms with van der Waals surface area (Å²) in [5, 5.41) is 9.32. The van der Waals surface area contributed by atoms with Crippen LogP contribution in [0.4, 0.5) is 5.82 Å². The largest absolute Gasteiger partial charge is 0.395 e. The Morgan fingerprint density at radius 3 is 2.93 bits per heavy atom. The van der Waals surface area contributed by atoms with Gasteiger partial charge in [-0.05, 0) is 19.2 Å². The van der Waals surface area contributed by atoms with Gasteiger partial charge in [-0.3, -0.25) is 4.90 Å². The molecule has 0 spiro atoms. The van der Waals surface area contributed by atoms with Gasteiger partial charge in [-0.2, -0.15) is 0 Å². The zero-order valence-corrected chi connectivity index (χ0v) is 8.83. The molecule has 1 heterocycles. The third-order valence-corrected chi connectivity index (χ3v) is 2.19. The van der Waals surface area contributed by atoms with Crippen LogP contribution in [0.3, 0.4) is 0 Å². The Morgan fingerprint density at radius 1 is 1.57 bits per heavy atom. The van der Waals surface area contributed by atoms with Crippen LogP contribution in [0.2, 0.25) is 5.02 Å². The molecule has 0 saturated carbocycles. The van der Waals surface area contributed by atoms with Crippen LogP contribution in [0.1, 0.15) is 5.69 Å². The summed E-state index contributed by atoms with van der Waals surface area (Å²) < 4.78 is 0. The summed E-state index contributed by atoms with van der Waals surface area (Å²) in [5.41, 5.74) is 6.28. The zero-order valence-electron chi connectivity index (χ0n) is 8.07. The van der Waals surface area contributed by atoms with Gasteiger partial charge in [-0.15, -0.1) is 0 Å². The lowest BCUT2D eigenvalue weighted by molar-refractivity contribution is 0.216. The number of aromatic nitrogens is 1. The molecule has 78 valence electrons. The van der Waals surface area contributed by atoms with Crippen LogP contribution < -0.4 is 5.73 Å². The second kappa shape index (κ2) is 5.14. The highest BCUT2D eigenvalue weighted by Crippen LogP contribution is 2.16. The Morgan fingerprint density at radius 2 is 2.29 bits per heavy atom. The van der Waals surface area contributed by atoms with Gasteiger partial charge >= 0.3 is 0 Å². The number of aliphatic hydroxyl groups is 1. The van der Waals surface area contributed by atoms with Gasteiger partial charge in [0.25, 0.3) is 0 Å². The molecule has 0 aromatic carbocycles. The number of nitrogens with two attached hydrogens (primary N) is 1. The van der Waals surface area contributed by atoms with E-state index < -0.39 is 0 Å². The maximum Gasteiger partial charge on any atom is 0.123 e. The molecule has 0 aliphatic rings. The third-order valence-electron chi connectivity index (χ3n) is 1.84. The van der Waals surface area contributed by atoms with Gasteiger partial charge in [0, 0.05) is 13.1 Å². The molecule has 0 saturated heterocycles. The average Bonchev–Trinajstić information content (AvgIpc) is 2.12. The molecule has 1 aromatic heterocycles. The summed E-state index contributed by atoms with van der Waals surface area (Å²) in [5.74, 6) is 0.460. The number of anilines is 1. The van der Waals surface area contributed by atoms with E-state index in [-0.39, 0.29) is 6.61 Å². The second-order valence-corrected chi connectivity index (χ2v) is 3.53. The monoisotopic (exact) mass is 215 g/mol.